The van der Waals surface area contributed by atoms with Gasteiger partial charge in [-0.25, -0.2) is 0 Å². The molecular weight excluding hydrogens is 372 g/mol. The molecule has 2 N–H and O–H groups in total. The van der Waals surface area contributed by atoms with Crippen LogP contribution in [-0.2, 0) is 0 Å². The second-order valence-corrected chi connectivity index (χ2v) is 7.80. The number of rotatable bonds is 3. The minimum atomic E-state index is -0.437. The normalized spacial score (nSPS) is 11.6. The predicted octanol–water partition coefficient (Wildman–Crippen LogP) is 6.79. The average molecular weight is 394 g/mol. The smallest absolute Gasteiger partial charge is 0.127 e. The molecule has 0 atom stereocenters. The number of hydrogen-bond acceptors (Lipinski definition) is 3. The Kier molecular flexibility index (Phi) is 4.25. The van der Waals surface area contributed by atoms with Crippen molar-refractivity contribution in [3.05, 3.63) is 107 Å². The lowest BCUT2D eigenvalue weighted by Gasteiger charge is -2.21. The van der Waals surface area contributed by atoms with Gasteiger partial charge in [0.15, 0.2) is 0 Å². The molecule has 0 radical (unpaired) electrons. The highest BCUT2D eigenvalue weighted by Gasteiger charge is 2.27. The number of furan rings is 1. The number of hydrogen-bond donors (Lipinski definition) is 2. The summed E-state index contributed by atoms with van der Waals surface area (Å²) in [5, 5.41) is 26.2. The molecule has 3 nitrogen and oxygen atoms in total. The van der Waals surface area contributed by atoms with Crippen LogP contribution in [0.1, 0.15) is 33.9 Å². The van der Waals surface area contributed by atoms with Crippen LogP contribution in [0.25, 0.3) is 21.5 Å². The SMILES string of the molecule is Cc1cccc2ccc(C(c3ccco3)c3ccc4cccc(C)c4c3O)c(O)c12. The number of aryl methyl sites for hydroxylation is 2. The molecule has 1 aromatic heterocycles. The van der Waals surface area contributed by atoms with Crippen LogP contribution in [0.15, 0.2) is 83.5 Å². The van der Waals surface area contributed by atoms with Crippen molar-refractivity contribution in [2.24, 2.45) is 0 Å². The molecule has 1 heterocycles. The Balaban J connectivity index is 1.83. The third kappa shape index (κ3) is 2.74. The van der Waals surface area contributed by atoms with Crippen molar-refractivity contribution in [3.63, 3.8) is 0 Å². The Morgan fingerprint density at radius 3 is 1.63 bits per heavy atom. The van der Waals surface area contributed by atoms with E-state index in [-0.39, 0.29) is 11.5 Å². The van der Waals surface area contributed by atoms with Gasteiger partial charge in [0.25, 0.3) is 0 Å². The second kappa shape index (κ2) is 6.96. The van der Waals surface area contributed by atoms with E-state index in [1.165, 1.54) is 0 Å². The Morgan fingerprint density at radius 2 is 1.17 bits per heavy atom. The monoisotopic (exact) mass is 394 g/mol. The standard InChI is InChI=1S/C27H22O3/c1-16-6-3-8-18-11-13-20(26(28)23(16)18)25(22-10-5-15-30-22)21-14-12-19-9-4-7-17(2)24(19)27(21)29/h3-15,25,28-29H,1-2H3. The minimum absolute atomic E-state index is 0.219. The van der Waals surface area contributed by atoms with Crippen molar-refractivity contribution in [2.45, 2.75) is 19.8 Å². The van der Waals surface area contributed by atoms with Crippen LogP contribution >= 0.6 is 0 Å². The summed E-state index contributed by atoms with van der Waals surface area (Å²) < 4.78 is 5.78. The fourth-order valence-corrected chi connectivity index (χ4v) is 4.51. The van der Waals surface area contributed by atoms with Crippen LogP contribution in [0.4, 0.5) is 0 Å². The van der Waals surface area contributed by atoms with E-state index in [0.717, 1.165) is 32.7 Å². The van der Waals surface area contributed by atoms with Crippen LogP contribution in [0, 0.1) is 13.8 Å². The van der Waals surface area contributed by atoms with Gasteiger partial charge in [-0.1, -0.05) is 60.7 Å². The summed E-state index contributed by atoms with van der Waals surface area (Å²) in [4.78, 5) is 0. The molecule has 3 heteroatoms. The molecule has 0 saturated carbocycles. The summed E-state index contributed by atoms with van der Waals surface area (Å²) in [6.07, 6.45) is 1.62. The summed E-state index contributed by atoms with van der Waals surface area (Å²) in [5.41, 5.74) is 3.41. The minimum Gasteiger partial charge on any atom is -0.507 e. The van der Waals surface area contributed by atoms with Gasteiger partial charge < -0.3 is 14.6 Å². The van der Waals surface area contributed by atoms with Gasteiger partial charge in [0, 0.05) is 21.9 Å². The van der Waals surface area contributed by atoms with Crippen LogP contribution in [-0.4, -0.2) is 10.2 Å². The molecule has 0 fully saturated rings. The molecule has 148 valence electrons. The maximum atomic E-state index is 11.3. The summed E-state index contributed by atoms with van der Waals surface area (Å²) in [5.74, 6) is 0.669. The molecule has 0 aliphatic rings. The molecule has 0 unspecified atom stereocenters. The van der Waals surface area contributed by atoms with E-state index in [1.54, 1.807) is 6.26 Å². The van der Waals surface area contributed by atoms with Gasteiger partial charge in [-0.15, -0.1) is 0 Å². The highest BCUT2D eigenvalue weighted by atomic mass is 16.3. The molecule has 0 aliphatic heterocycles. The fraction of sp³-hybridized carbons (Fsp3) is 0.111. The fourth-order valence-electron chi connectivity index (χ4n) is 4.51. The van der Waals surface area contributed by atoms with Gasteiger partial charge in [0.05, 0.1) is 12.2 Å². The van der Waals surface area contributed by atoms with Crippen molar-refractivity contribution >= 4 is 21.5 Å². The number of benzene rings is 4. The van der Waals surface area contributed by atoms with Crippen molar-refractivity contribution in [1.82, 2.24) is 0 Å². The van der Waals surface area contributed by atoms with Gasteiger partial charge >= 0.3 is 0 Å². The van der Waals surface area contributed by atoms with Crippen molar-refractivity contribution in [2.75, 3.05) is 0 Å². The Hall–Kier alpha value is -3.72. The van der Waals surface area contributed by atoms with E-state index < -0.39 is 5.92 Å². The van der Waals surface area contributed by atoms with Crippen LogP contribution in [0.3, 0.4) is 0 Å². The number of fused-ring (bicyclic) bond motifs is 2. The molecule has 5 rings (SSSR count). The van der Waals surface area contributed by atoms with Gasteiger partial charge in [-0.2, -0.15) is 0 Å². The van der Waals surface area contributed by atoms with Crippen LogP contribution in [0.5, 0.6) is 11.5 Å². The highest BCUT2D eigenvalue weighted by Crippen LogP contribution is 2.45. The van der Waals surface area contributed by atoms with E-state index in [2.05, 4.69) is 0 Å². The molecule has 0 amide bonds. The maximum absolute atomic E-state index is 11.3. The molecular formula is C27H22O3. The van der Waals surface area contributed by atoms with E-state index in [9.17, 15) is 10.2 Å². The second-order valence-electron chi connectivity index (χ2n) is 7.80. The first-order valence-electron chi connectivity index (χ1n) is 10.0. The summed E-state index contributed by atoms with van der Waals surface area (Å²) in [6, 6.07) is 23.5. The summed E-state index contributed by atoms with van der Waals surface area (Å²) >= 11 is 0. The van der Waals surface area contributed by atoms with Crippen LogP contribution < -0.4 is 0 Å². The summed E-state index contributed by atoms with van der Waals surface area (Å²) in [7, 11) is 0. The Morgan fingerprint density at radius 1 is 0.633 bits per heavy atom. The van der Waals surface area contributed by atoms with Crippen molar-refractivity contribution < 1.29 is 14.6 Å². The molecule has 5 aromatic rings. The number of phenols is 2. The zero-order chi connectivity index (χ0) is 20.8. The Bertz CT molecular complexity index is 1290. The predicted molar refractivity (Wildman–Crippen MR) is 120 cm³/mol. The number of aromatic hydroxyl groups is 2. The van der Waals surface area contributed by atoms with E-state index in [1.807, 2.05) is 86.6 Å². The first-order valence-corrected chi connectivity index (χ1v) is 10.0. The molecule has 0 bridgehead atoms. The largest absolute Gasteiger partial charge is 0.507 e. The third-order valence-corrected chi connectivity index (χ3v) is 5.97. The third-order valence-electron chi connectivity index (χ3n) is 5.97. The maximum Gasteiger partial charge on any atom is 0.127 e. The molecule has 30 heavy (non-hydrogen) atoms. The Labute approximate surface area is 174 Å². The average Bonchev–Trinajstić information content (AvgIpc) is 3.26. The number of phenolic OH excluding ortho intramolecular Hbond substituents is 2. The lowest BCUT2D eigenvalue weighted by atomic mass is 9.84. The molecule has 0 aliphatic carbocycles. The van der Waals surface area contributed by atoms with E-state index in [0.29, 0.717) is 16.9 Å². The zero-order valence-electron chi connectivity index (χ0n) is 16.9. The lowest BCUT2D eigenvalue weighted by Crippen LogP contribution is -2.04. The highest BCUT2D eigenvalue weighted by molar-refractivity contribution is 5.94. The van der Waals surface area contributed by atoms with Gasteiger partial charge in [-0.3, -0.25) is 0 Å². The lowest BCUT2D eigenvalue weighted by molar-refractivity contribution is 0.448. The zero-order valence-corrected chi connectivity index (χ0v) is 16.9. The van der Waals surface area contributed by atoms with Gasteiger partial charge in [-0.05, 0) is 47.9 Å². The van der Waals surface area contributed by atoms with Crippen LogP contribution in [0.2, 0.25) is 0 Å². The van der Waals surface area contributed by atoms with Crippen molar-refractivity contribution in [3.8, 4) is 11.5 Å². The molecule has 0 saturated heterocycles. The molecule has 0 spiro atoms. The van der Waals surface area contributed by atoms with E-state index >= 15 is 0 Å². The van der Waals surface area contributed by atoms with Crippen molar-refractivity contribution in [1.29, 1.82) is 0 Å². The van der Waals surface area contributed by atoms with Gasteiger partial charge in [0.2, 0.25) is 0 Å². The van der Waals surface area contributed by atoms with Gasteiger partial charge in [0.1, 0.15) is 17.3 Å². The quantitative estimate of drug-likeness (QED) is 0.354. The first-order chi connectivity index (χ1) is 14.6. The summed E-state index contributed by atoms with van der Waals surface area (Å²) in [6.45, 7) is 3.98. The topological polar surface area (TPSA) is 53.6 Å². The molecule has 4 aromatic carbocycles. The van der Waals surface area contributed by atoms with E-state index in [4.69, 9.17) is 4.42 Å². The first kappa shape index (κ1) is 18.3.